The van der Waals surface area contributed by atoms with Crippen molar-refractivity contribution in [3.8, 4) is 0 Å². The summed E-state index contributed by atoms with van der Waals surface area (Å²) in [5.41, 5.74) is 8.88. The number of pyridine rings is 2. The maximum absolute atomic E-state index is 2.65. The lowest BCUT2D eigenvalue weighted by atomic mass is 10.0. The fourth-order valence-corrected chi connectivity index (χ4v) is 8.10. The van der Waals surface area contributed by atoms with Crippen LogP contribution in [0.3, 0.4) is 0 Å². The summed E-state index contributed by atoms with van der Waals surface area (Å²) in [6.07, 6.45) is 40.4. The predicted molar refractivity (Wildman–Crippen MR) is 216 cm³/mol. The van der Waals surface area contributed by atoms with E-state index >= 15 is 0 Å². The van der Waals surface area contributed by atoms with Crippen LogP contribution in [0.25, 0.3) is 0 Å². The van der Waals surface area contributed by atoms with Crippen LogP contribution in [-0.2, 0) is 25.9 Å². The second-order valence-corrected chi connectivity index (χ2v) is 16.0. The average molecular weight is 677 g/mol. The van der Waals surface area contributed by atoms with Gasteiger partial charge < -0.3 is 0 Å². The molecule has 0 saturated carbocycles. The number of hydrogen-bond acceptors (Lipinski definition) is 0. The summed E-state index contributed by atoms with van der Waals surface area (Å²) in [5.74, 6) is 0. The van der Waals surface area contributed by atoms with Gasteiger partial charge in [-0.2, -0.15) is 0 Å². The normalized spacial score (nSPS) is 11.6. The minimum absolute atomic E-state index is 1.17. The van der Waals surface area contributed by atoms with Crippen molar-refractivity contribution in [3.05, 3.63) is 58.2 Å². The molecule has 0 bridgehead atoms. The molecule has 2 heteroatoms. The van der Waals surface area contributed by atoms with Gasteiger partial charge in [-0.1, -0.05) is 155 Å². The lowest BCUT2D eigenvalue weighted by Gasteiger charge is -2.10. The molecule has 0 aliphatic heterocycles. The molecule has 0 amide bonds. The highest BCUT2D eigenvalue weighted by Gasteiger charge is 2.17. The van der Waals surface area contributed by atoms with Gasteiger partial charge in [0.1, 0.15) is 13.1 Å². The van der Waals surface area contributed by atoms with E-state index in [0.29, 0.717) is 0 Å². The summed E-state index contributed by atoms with van der Waals surface area (Å²) in [5, 5.41) is 0. The Morgan fingerprint density at radius 3 is 0.898 bits per heavy atom. The molecule has 0 unspecified atom stereocenters. The maximum atomic E-state index is 2.65. The first-order valence-corrected chi connectivity index (χ1v) is 22.0. The zero-order chi connectivity index (χ0) is 35.4. The molecule has 0 N–H and O–H groups in total. The fourth-order valence-electron chi connectivity index (χ4n) is 8.10. The Morgan fingerprint density at radius 2 is 0.592 bits per heavy atom. The van der Waals surface area contributed by atoms with Crippen molar-refractivity contribution in [2.45, 2.75) is 241 Å². The van der Waals surface area contributed by atoms with Crippen molar-refractivity contribution < 1.29 is 9.13 Å². The largest absolute Gasteiger partial charge is 0.200 e. The van der Waals surface area contributed by atoms with Crippen LogP contribution in [0.4, 0.5) is 0 Å². The van der Waals surface area contributed by atoms with Crippen LogP contribution in [0.15, 0.2) is 24.3 Å². The van der Waals surface area contributed by atoms with E-state index in [0.717, 1.165) is 0 Å². The van der Waals surface area contributed by atoms with Crippen LogP contribution >= 0.6 is 0 Å². The minimum atomic E-state index is 1.17. The number of unbranched alkanes of at least 4 members (excludes halogenated alkanes) is 24. The van der Waals surface area contributed by atoms with Crippen LogP contribution in [-0.4, -0.2) is 0 Å². The fraction of sp³-hybridized carbons (Fsp3) is 0.787. The molecule has 0 atom stereocenters. The molecule has 0 aliphatic rings. The Balaban J connectivity index is 1.67. The van der Waals surface area contributed by atoms with Gasteiger partial charge in [0.05, 0.1) is 0 Å². The third-order valence-electron chi connectivity index (χ3n) is 11.0. The topological polar surface area (TPSA) is 7.76 Å². The quantitative estimate of drug-likeness (QED) is 0.0538. The molecule has 0 fully saturated rings. The SMILES string of the molecule is CCCCCCCCCCCCCCc1cc(C)cc(C)[n+]1CCCCC[n+]1c(C)cc(C)cc1CCCCCCCCCCCCCC. The van der Waals surface area contributed by atoms with E-state index in [-0.39, 0.29) is 0 Å². The van der Waals surface area contributed by atoms with Crippen molar-refractivity contribution in [2.75, 3.05) is 0 Å². The van der Waals surface area contributed by atoms with Crippen molar-refractivity contribution >= 4 is 0 Å². The lowest BCUT2D eigenvalue weighted by Crippen LogP contribution is -2.43. The molecule has 0 aromatic carbocycles. The highest BCUT2D eigenvalue weighted by molar-refractivity contribution is 5.15. The molecule has 49 heavy (non-hydrogen) atoms. The van der Waals surface area contributed by atoms with Gasteiger partial charge in [-0.05, 0) is 44.2 Å². The summed E-state index contributed by atoms with van der Waals surface area (Å²) in [6.45, 7) is 16.2. The van der Waals surface area contributed by atoms with Gasteiger partial charge in [0, 0.05) is 63.8 Å². The summed E-state index contributed by atoms with van der Waals surface area (Å²) >= 11 is 0. The van der Waals surface area contributed by atoms with Gasteiger partial charge in [-0.15, -0.1) is 0 Å². The summed E-state index contributed by atoms with van der Waals surface area (Å²) in [6, 6.07) is 9.72. The smallest absolute Gasteiger partial charge is 0.181 e. The molecule has 0 spiro atoms. The molecule has 0 aliphatic carbocycles. The highest BCUT2D eigenvalue weighted by Crippen LogP contribution is 2.16. The third kappa shape index (κ3) is 20.7. The standard InChI is InChI=1S/C47H84N2/c1-7-9-11-13-15-17-19-21-23-25-27-30-34-46-40-42(3)38-44(5)48(46)36-32-29-33-37-49-45(6)39-43(4)41-47(49)35-31-28-26-24-22-20-18-16-14-12-10-8-2/h38-41H,7-37H2,1-6H3/q+2. The van der Waals surface area contributed by atoms with Crippen molar-refractivity contribution in [1.29, 1.82) is 0 Å². The molecule has 2 aromatic heterocycles. The first-order valence-electron chi connectivity index (χ1n) is 22.0. The van der Waals surface area contributed by atoms with E-state index in [9.17, 15) is 0 Å². The molecule has 0 saturated heterocycles. The van der Waals surface area contributed by atoms with Gasteiger partial charge in [-0.25, -0.2) is 9.13 Å². The molecule has 2 aromatic rings. The Morgan fingerprint density at radius 1 is 0.327 bits per heavy atom. The Kier molecular flexibility index (Phi) is 25.7. The maximum Gasteiger partial charge on any atom is 0.181 e. The van der Waals surface area contributed by atoms with Crippen LogP contribution < -0.4 is 9.13 Å². The molecular weight excluding hydrogens is 593 g/mol. The zero-order valence-corrected chi connectivity index (χ0v) is 34.1. The van der Waals surface area contributed by atoms with E-state index in [2.05, 4.69) is 74.9 Å². The van der Waals surface area contributed by atoms with E-state index in [1.807, 2.05) is 0 Å². The third-order valence-corrected chi connectivity index (χ3v) is 11.0. The predicted octanol–water partition coefficient (Wildman–Crippen LogP) is 13.9. The van der Waals surface area contributed by atoms with Gasteiger partial charge >= 0.3 is 0 Å². The Labute approximate surface area is 307 Å². The Bertz CT molecular complexity index is 1000. The van der Waals surface area contributed by atoms with Crippen molar-refractivity contribution in [2.24, 2.45) is 0 Å². The first kappa shape index (κ1) is 43.5. The molecular formula is C47H84N2+2. The van der Waals surface area contributed by atoms with Gasteiger partial charge in [0.2, 0.25) is 0 Å². The lowest BCUT2D eigenvalue weighted by molar-refractivity contribution is -0.713. The first-order chi connectivity index (χ1) is 24.0. The summed E-state index contributed by atoms with van der Waals surface area (Å²) in [7, 11) is 0. The van der Waals surface area contributed by atoms with E-state index in [4.69, 9.17) is 0 Å². The van der Waals surface area contributed by atoms with Crippen molar-refractivity contribution in [1.82, 2.24) is 0 Å². The second-order valence-electron chi connectivity index (χ2n) is 16.0. The number of nitrogens with zero attached hydrogens (tertiary/aromatic N) is 2. The van der Waals surface area contributed by atoms with Gasteiger partial charge in [0.25, 0.3) is 0 Å². The highest BCUT2D eigenvalue weighted by atomic mass is 15.0. The molecule has 2 rings (SSSR count). The summed E-state index contributed by atoms with van der Waals surface area (Å²) in [4.78, 5) is 0. The van der Waals surface area contributed by atoms with Gasteiger partial charge in [-0.3, -0.25) is 0 Å². The molecule has 2 heterocycles. The van der Waals surface area contributed by atoms with Crippen LogP contribution in [0.1, 0.15) is 221 Å². The second kappa shape index (κ2) is 28.9. The summed E-state index contributed by atoms with van der Waals surface area (Å²) < 4.78 is 5.30. The number of aromatic nitrogens is 2. The minimum Gasteiger partial charge on any atom is -0.200 e. The number of hydrogen-bond donors (Lipinski definition) is 0. The van der Waals surface area contributed by atoms with Crippen LogP contribution in [0.2, 0.25) is 0 Å². The molecule has 280 valence electrons. The van der Waals surface area contributed by atoms with E-state index < -0.39 is 0 Å². The molecule has 0 radical (unpaired) electrons. The van der Waals surface area contributed by atoms with Crippen LogP contribution in [0, 0.1) is 27.7 Å². The van der Waals surface area contributed by atoms with Gasteiger partial charge in [0.15, 0.2) is 22.8 Å². The van der Waals surface area contributed by atoms with E-state index in [1.165, 1.54) is 222 Å². The number of aryl methyl sites for hydroxylation is 6. The van der Waals surface area contributed by atoms with Crippen molar-refractivity contribution in [3.63, 3.8) is 0 Å². The Hall–Kier alpha value is -1.70. The molecule has 2 nitrogen and oxygen atoms in total. The van der Waals surface area contributed by atoms with Crippen LogP contribution in [0.5, 0.6) is 0 Å². The number of rotatable bonds is 32. The monoisotopic (exact) mass is 677 g/mol. The average Bonchev–Trinajstić information content (AvgIpc) is 3.07. The van der Waals surface area contributed by atoms with E-state index in [1.54, 1.807) is 11.4 Å². The zero-order valence-electron chi connectivity index (χ0n) is 34.1.